The molecular weight excluding hydrogens is 199 g/mol. The Labute approximate surface area is 111 Å². The van der Waals surface area contributed by atoms with Crippen molar-refractivity contribution in [2.75, 3.05) is 0 Å². The molecule has 2 nitrogen and oxygen atoms in total. The van der Waals surface area contributed by atoms with Gasteiger partial charge in [0.05, 0.1) is 0 Å². The number of carbonyl (C=O) groups is 1. The Hall–Kier alpha value is -0.830. The first kappa shape index (κ1) is 12.2. The minimum Gasteiger partial charge on any atom is -0.508 e. The molecule has 0 saturated heterocycles. The number of carbonyl (C=O) groups excluding carboxylic acids is 1. The van der Waals surface area contributed by atoms with Gasteiger partial charge in [-0.15, -0.1) is 0 Å². The Morgan fingerprint density at radius 3 is 2.07 bits per heavy atom. The molecule has 0 heterocycles. The minimum absolute atomic E-state index is 0. The Morgan fingerprint density at radius 1 is 1.00 bits per heavy atom. The zero-order valence-electron chi connectivity index (χ0n) is 8.55. The molecule has 15 heavy (non-hydrogen) atoms. The Morgan fingerprint density at radius 2 is 1.53 bits per heavy atom. The van der Waals surface area contributed by atoms with Crippen LogP contribution in [0.3, 0.4) is 0 Å². The zero-order chi connectivity index (χ0) is 9.97. The smallest absolute Gasteiger partial charge is 0.508 e. The number of allylic oxidation sites excluding steroid dienone is 4. The molecule has 1 aliphatic carbocycles. The van der Waals surface area contributed by atoms with Crippen molar-refractivity contribution in [1.82, 2.24) is 0 Å². The van der Waals surface area contributed by atoms with Gasteiger partial charge in [0, 0.05) is 5.92 Å². The van der Waals surface area contributed by atoms with Gasteiger partial charge in [-0.3, -0.25) is 4.79 Å². The average molecular weight is 209 g/mol. The molecule has 0 fully saturated rings. The molecular formula is C12H10NaO2+. The number of hydrogen-bond donors (Lipinski definition) is 1. The molecule has 3 heteroatoms. The second kappa shape index (κ2) is 5.31. The number of phenolic OH excluding ortho intramolecular Hbond substituents is 1. The van der Waals surface area contributed by atoms with E-state index in [4.69, 9.17) is 5.11 Å². The predicted molar refractivity (Wildman–Crippen MR) is 54.1 cm³/mol. The summed E-state index contributed by atoms with van der Waals surface area (Å²) >= 11 is 0. The van der Waals surface area contributed by atoms with E-state index in [1.807, 2.05) is 24.3 Å². The zero-order valence-corrected chi connectivity index (χ0v) is 10.6. The normalized spacial score (nSPS) is 15.1. The van der Waals surface area contributed by atoms with Crippen LogP contribution < -0.4 is 29.6 Å². The summed E-state index contributed by atoms with van der Waals surface area (Å²) in [7, 11) is 0. The third-order valence-corrected chi connectivity index (χ3v) is 2.21. The largest absolute Gasteiger partial charge is 1.00 e. The van der Waals surface area contributed by atoms with Crippen molar-refractivity contribution in [3.05, 3.63) is 54.1 Å². The Bertz CT molecular complexity index is 388. The van der Waals surface area contributed by atoms with Crippen LogP contribution in [0, 0.1) is 0 Å². The van der Waals surface area contributed by atoms with E-state index in [0.29, 0.717) is 0 Å². The van der Waals surface area contributed by atoms with Gasteiger partial charge in [-0.2, -0.15) is 0 Å². The molecule has 1 aliphatic rings. The van der Waals surface area contributed by atoms with Gasteiger partial charge in [0.1, 0.15) is 5.75 Å². The summed E-state index contributed by atoms with van der Waals surface area (Å²) in [5.74, 6) is 0.432. The summed E-state index contributed by atoms with van der Waals surface area (Å²) in [5, 5.41) is 9.11. The first-order chi connectivity index (χ1) is 6.75. The summed E-state index contributed by atoms with van der Waals surface area (Å²) in [6, 6.07) is 7.00. The maximum atomic E-state index is 10.9. The molecule has 0 saturated carbocycles. The summed E-state index contributed by atoms with van der Waals surface area (Å²) in [5.41, 5.74) is 1.07. The second-order valence-corrected chi connectivity index (χ2v) is 3.24. The van der Waals surface area contributed by atoms with E-state index in [1.54, 1.807) is 24.3 Å². The molecule has 0 amide bonds. The first-order valence-corrected chi connectivity index (χ1v) is 4.45. The molecule has 1 aromatic carbocycles. The number of ketones is 1. The van der Waals surface area contributed by atoms with Crippen LogP contribution in [0.2, 0.25) is 0 Å². The average Bonchev–Trinajstić information content (AvgIpc) is 2.21. The van der Waals surface area contributed by atoms with Crippen molar-refractivity contribution in [3.8, 4) is 5.75 Å². The van der Waals surface area contributed by atoms with Crippen LogP contribution >= 0.6 is 0 Å². The minimum atomic E-state index is 0. The predicted octanol–water partition coefficient (Wildman–Crippen LogP) is -0.825. The number of phenols is 1. The van der Waals surface area contributed by atoms with E-state index < -0.39 is 0 Å². The van der Waals surface area contributed by atoms with Crippen LogP contribution in [-0.4, -0.2) is 10.9 Å². The van der Waals surface area contributed by atoms with Crippen molar-refractivity contribution in [2.45, 2.75) is 5.92 Å². The van der Waals surface area contributed by atoms with Crippen LogP contribution in [-0.2, 0) is 4.79 Å². The van der Waals surface area contributed by atoms with Crippen molar-refractivity contribution in [1.29, 1.82) is 0 Å². The maximum absolute atomic E-state index is 10.9. The molecule has 0 aromatic heterocycles. The van der Waals surface area contributed by atoms with Gasteiger partial charge in [0.2, 0.25) is 0 Å². The molecule has 1 N–H and O–H groups in total. The van der Waals surface area contributed by atoms with Crippen LogP contribution in [0.15, 0.2) is 48.6 Å². The molecule has 0 radical (unpaired) electrons. The van der Waals surface area contributed by atoms with Crippen molar-refractivity contribution >= 4 is 5.78 Å². The number of benzene rings is 1. The van der Waals surface area contributed by atoms with Gasteiger partial charge in [-0.1, -0.05) is 24.3 Å². The molecule has 0 bridgehead atoms. The third-order valence-electron chi connectivity index (χ3n) is 2.21. The molecule has 1 aromatic rings. The van der Waals surface area contributed by atoms with E-state index >= 15 is 0 Å². The summed E-state index contributed by atoms with van der Waals surface area (Å²) in [6.45, 7) is 0. The summed E-state index contributed by atoms with van der Waals surface area (Å²) in [6.07, 6.45) is 6.85. The van der Waals surface area contributed by atoms with Gasteiger partial charge in [0.25, 0.3) is 0 Å². The van der Waals surface area contributed by atoms with E-state index in [-0.39, 0.29) is 47.0 Å². The summed E-state index contributed by atoms with van der Waals surface area (Å²) in [4.78, 5) is 10.9. The molecule has 0 aliphatic heterocycles. The number of hydrogen-bond acceptors (Lipinski definition) is 2. The molecule has 70 valence electrons. The Balaban J connectivity index is 0.00000112. The van der Waals surface area contributed by atoms with E-state index in [9.17, 15) is 4.79 Å². The van der Waals surface area contributed by atoms with Crippen molar-refractivity contribution < 1.29 is 39.5 Å². The Kier molecular flexibility index (Phi) is 4.33. The van der Waals surface area contributed by atoms with Crippen molar-refractivity contribution in [2.24, 2.45) is 0 Å². The molecule has 0 spiro atoms. The standard InChI is InChI=1S/C12H10O2.Na/c13-11-5-1-9(2-6-11)10-3-7-12(14)8-4-10;/h1-9,14H;/q;+1. The fourth-order valence-corrected chi connectivity index (χ4v) is 1.44. The van der Waals surface area contributed by atoms with Gasteiger partial charge in [0.15, 0.2) is 5.78 Å². The van der Waals surface area contributed by atoms with E-state index in [1.165, 1.54) is 0 Å². The number of aromatic hydroxyl groups is 1. The molecule has 0 atom stereocenters. The third kappa shape index (κ3) is 3.06. The van der Waals surface area contributed by atoms with Crippen LogP contribution in [0.4, 0.5) is 0 Å². The fraction of sp³-hybridized carbons (Fsp3) is 0.0833. The van der Waals surface area contributed by atoms with E-state index in [2.05, 4.69) is 0 Å². The van der Waals surface area contributed by atoms with Gasteiger partial charge in [-0.25, -0.2) is 0 Å². The monoisotopic (exact) mass is 209 g/mol. The van der Waals surface area contributed by atoms with Crippen LogP contribution in [0.5, 0.6) is 5.75 Å². The maximum Gasteiger partial charge on any atom is 1.00 e. The number of rotatable bonds is 1. The van der Waals surface area contributed by atoms with Gasteiger partial charge < -0.3 is 5.11 Å². The first-order valence-electron chi connectivity index (χ1n) is 4.45. The SMILES string of the molecule is O=C1C=CC(c2ccc(O)cc2)C=C1.[Na+]. The van der Waals surface area contributed by atoms with Crippen LogP contribution in [0.25, 0.3) is 0 Å². The van der Waals surface area contributed by atoms with Gasteiger partial charge >= 0.3 is 29.6 Å². The van der Waals surface area contributed by atoms with E-state index in [0.717, 1.165) is 5.56 Å². The fourth-order valence-electron chi connectivity index (χ4n) is 1.44. The summed E-state index contributed by atoms with van der Waals surface area (Å²) < 4.78 is 0. The van der Waals surface area contributed by atoms with Crippen LogP contribution in [0.1, 0.15) is 11.5 Å². The quantitative estimate of drug-likeness (QED) is 0.613. The topological polar surface area (TPSA) is 37.3 Å². The second-order valence-electron chi connectivity index (χ2n) is 3.24. The van der Waals surface area contributed by atoms with Gasteiger partial charge in [-0.05, 0) is 29.8 Å². The van der Waals surface area contributed by atoms with Crippen molar-refractivity contribution in [3.63, 3.8) is 0 Å². The molecule has 2 rings (SSSR count). The molecule has 0 unspecified atom stereocenters.